The van der Waals surface area contributed by atoms with Crippen LogP contribution in [0.1, 0.15) is 18.4 Å². The zero-order valence-electron chi connectivity index (χ0n) is 8.21. The summed E-state index contributed by atoms with van der Waals surface area (Å²) in [4.78, 5) is 11.6. The molecule has 0 spiro atoms. The minimum Gasteiger partial charge on any atom is -0.325 e. The Morgan fingerprint density at radius 3 is 3.00 bits per heavy atom. The second-order valence-corrected chi connectivity index (χ2v) is 3.44. The molecule has 0 radical (unpaired) electrons. The number of carbonyl (C=O) groups is 1. The van der Waals surface area contributed by atoms with E-state index in [0.29, 0.717) is 0 Å². The van der Waals surface area contributed by atoms with Gasteiger partial charge in [-0.25, -0.2) is 0 Å². The molecule has 1 aromatic rings. The van der Waals surface area contributed by atoms with E-state index < -0.39 is 0 Å². The standard InChI is InChI=1S/C11H14N2O/c1-2-12-7-9-8-5-3-4-6-10(8)13-11(9)14/h3-6,9,12H,2,7H2,1H3,(H,13,14). The summed E-state index contributed by atoms with van der Waals surface area (Å²) >= 11 is 0. The monoisotopic (exact) mass is 190 g/mol. The van der Waals surface area contributed by atoms with Gasteiger partial charge in [0.1, 0.15) is 0 Å². The highest BCUT2D eigenvalue weighted by atomic mass is 16.2. The Hall–Kier alpha value is -1.35. The van der Waals surface area contributed by atoms with Crippen molar-refractivity contribution < 1.29 is 4.79 Å². The summed E-state index contributed by atoms with van der Waals surface area (Å²) in [6.07, 6.45) is 0. The van der Waals surface area contributed by atoms with Crippen LogP contribution in [0.3, 0.4) is 0 Å². The normalized spacial score (nSPS) is 19.2. The second kappa shape index (κ2) is 3.80. The van der Waals surface area contributed by atoms with Crippen molar-refractivity contribution >= 4 is 11.6 Å². The smallest absolute Gasteiger partial charge is 0.233 e. The summed E-state index contributed by atoms with van der Waals surface area (Å²) in [5.41, 5.74) is 2.07. The third-order valence-electron chi connectivity index (χ3n) is 2.51. The van der Waals surface area contributed by atoms with Crippen molar-refractivity contribution in [3.05, 3.63) is 29.8 Å². The minimum atomic E-state index is -0.0221. The van der Waals surface area contributed by atoms with Gasteiger partial charge in [-0.1, -0.05) is 25.1 Å². The number of hydrogen-bond donors (Lipinski definition) is 2. The first-order valence-electron chi connectivity index (χ1n) is 4.93. The Labute approximate surface area is 83.5 Å². The highest BCUT2D eigenvalue weighted by Crippen LogP contribution is 2.31. The van der Waals surface area contributed by atoms with Gasteiger partial charge in [0.2, 0.25) is 5.91 Å². The van der Waals surface area contributed by atoms with Crippen molar-refractivity contribution in [2.45, 2.75) is 12.8 Å². The van der Waals surface area contributed by atoms with Crippen LogP contribution in [0.5, 0.6) is 0 Å². The molecule has 0 fully saturated rings. The maximum atomic E-state index is 11.6. The van der Waals surface area contributed by atoms with E-state index in [1.54, 1.807) is 0 Å². The first kappa shape index (κ1) is 9.21. The van der Waals surface area contributed by atoms with Gasteiger partial charge in [0.25, 0.3) is 0 Å². The second-order valence-electron chi connectivity index (χ2n) is 3.44. The topological polar surface area (TPSA) is 41.1 Å². The Balaban J connectivity index is 2.21. The zero-order valence-corrected chi connectivity index (χ0v) is 8.21. The third-order valence-corrected chi connectivity index (χ3v) is 2.51. The molecule has 1 aliphatic heterocycles. The van der Waals surface area contributed by atoms with Gasteiger partial charge < -0.3 is 10.6 Å². The first-order chi connectivity index (χ1) is 6.83. The van der Waals surface area contributed by atoms with Gasteiger partial charge >= 0.3 is 0 Å². The molecule has 3 heteroatoms. The lowest BCUT2D eigenvalue weighted by molar-refractivity contribution is -0.116. The number of anilines is 1. The van der Waals surface area contributed by atoms with Crippen LogP contribution in [0.2, 0.25) is 0 Å². The molecule has 2 rings (SSSR count). The van der Waals surface area contributed by atoms with Gasteiger partial charge in [-0.3, -0.25) is 4.79 Å². The van der Waals surface area contributed by atoms with Gasteiger partial charge in [-0.15, -0.1) is 0 Å². The molecule has 1 heterocycles. The number of nitrogens with one attached hydrogen (secondary N) is 2. The molecule has 1 amide bonds. The predicted octanol–water partition coefficient (Wildman–Crippen LogP) is 1.33. The third kappa shape index (κ3) is 1.51. The number of fused-ring (bicyclic) bond motifs is 1. The number of amides is 1. The highest BCUT2D eigenvalue weighted by molar-refractivity contribution is 6.03. The van der Waals surface area contributed by atoms with Gasteiger partial charge in [0.05, 0.1) is 5.92 Å². The van der Waals surface area contributed by atoms with Gasteiger partial charge in [0, 0.05) is 12.2 Å². The van der Waals surface area contributed by atoms with Gasteiger partial charge in [-0.05, 0) is 18.2 Å². The van der Waals surface area contributed by atoms with E-state index in [1.807, 2.05) is 31.2 Å². The number of rotatable bonds is 3. The van der Waals surface area contributed by atoms with E-state index in [1.165, 1.54) is 0 Å². The molecular weight excluding hydrogens is 176 g/mol. The lowest BCUT2D eigenvalue weighted by Gasteiger charge is -2.08. The zero-order chi connectivity index (χ0) is 9.97. The van der Waals surface area contributed by atoms with Crippen molar-refractivity contribution in [1.82, 2.24) is 5.32 Å². The summed E-state index contributed by atoms with van der Waals surface area (Å²) < 4.78 is 0. The fraction of sp³-hybridized carbons (Fsp3) is 0.364. The Kier molecular flexibility index (Phi) is 2.50. The maximum Gasteiger partial charge on any atom is 0.233 e. The van der Waals surface area contributed by atoms with E-state index in [9.17, 15) is 4.79 Å². The number of carbonyl (C=O) groups excluding carboxylic acids is 1. The molecule has 3 nitrogen and oxygen atoms in total. The molecule has 1 aromatic carbocycles. The number of hydrogen-bond acceptors (Lipinski definition) is 2. The fourth-order valence-corrected chi connectivity index (χ4v) is 1.77. The quantitative estimate of drug-likeness (QED) is 0.755. The maximum absolute atomic E-state index is 11.6. The van der Waals surface area contributed by atoms with Crippen LogP contribution in [-0.2, 0) is 4.79 Å². The fourth-order valence-electron chi connectivity index (χ4n) is 1.77. The van der Waals surface area contributed by atoms with Crippen molar-refractivity contribution in [3.8, 4) is 0 Å². The van der Waals surface area contributed by atoms with Crippen LogP contribution < -0.4 is 10.6 Å². The molecule has 2 N–H and O–H groups in total. The molecule has 1 unspecified atom stereocenters. The summed E-state index contributed by atoms with van der Waals surface area (Å²) in [5, 5.41) is 6.08. The number of para-hydroxylation sites is 1. The van der Waals surface area contributed by atoms with Crippen LogP contribution in [0.25, 0.3) is 0 Å². The van der Waals surface area contributed by atoms with Crippen LogP contribution in [0.4, 0.5) is 5.69 Å². The van der Waals surface area contributed by atoms with Gasteiger partial charge in [0.15, 0.2) is 0 Å². The summed E-state index contributed by atoms with van der Waals surface area (Å²) in [6.45, 7) is 3.66. The lowest BCUT2D eigenvalue weighted by atomic mass is 10.0. The predicted molar refractivity (Wildman–Crippen MR) is 56.4 cm³/mol. The van der Waals surface area contributed by atoms with Crippen LogP contribution >= 0.6 is 0 Å². The summed E-state index contributed by atoms with van der Waals surface area (Å²) in [7, 11) is 0. The SMILES string of the molecule is CCNCC1C(=O)Nc2ccccc21. The van der Waals surface area contributed by atoms with Crippen LogP contribution in [-0.4, -0.2) is 19.0 Å². The van der Waals surface area contributed by atoms with Crippen molar-refractivity contribution in [2.75, 3.05) is 18.4 Å². The van der Waals surface area contributed by atoms with E-state index in [-0.39, 0.29) is 11.8 Å². The van der Waals surface area contributed by atoms with Crippen molar-refractivity contribution in [2.24, 2.45) is 0 Å². The average molecular weight is 190 g/mol. The Bertz CT molecular complexity index is 349. The minimum absolute atomic E-state index is 0.0221. The number of benzene rings is 1. The average Bonchev–Trinajstić information content (AvgIpc) is 2.51. The molecule has 74 valence electrons. The Morgan fingerprint density at radius 2 is 2.21 bits per heavy atom. The lowest BCUT2D eigenvalue weighted by Crippen LogP contribution is -2.25. The summed E-state index contributed by atoms with van der Waals surface area (Å²) in [5.74, 6) is 0.0818. The largest absolute Gasteiger partial charge is 0.325 e. The number of likely N-dealkylation sites (N-methyl/N-ethyl adjacent to an activating group) is 1. The molecule has 0 aromatic heterocycles. The van der Waals surface area contributed by atoms with Gasteiger partial charge in [-0.2, -0.15) is 0 Å². The van der Waals surface area contributed by atoms with Crippen molar-refractivity contribution in [1.29, 1.82) is 0 Å². The molecule has 0 bridgehead atoms. The molecule has 14 heavy (non-hydrogen) atoms. The van der Waals surface area contributed by atoms with E-state index >= 15 is 0 Å². The molecule has 1 atom stereocenters. The Morgan fingerprint density at radius 1 is 1.43 bits per heavy atom. The molecule has 0 aliphatic carbocycles. The highest BCUT2D eigenvalue weighted by Gasteiger charge is 2.29. The first-order valence-corrected chi connectivity index (χ1v) is 4.93. The van der Waals surface area contributed by atoms with E-state index in [4.69, 9.17) is 0 Å². The van der Waals surface area contributed by atoms with Crippen LogP contribution in [0.15, 0.2) is 24.3 Å². The molecule has 0 saturated heterocycles. The van der Waals surface area contributed by atoms with Crippen molar-refractivity contribution in [3.63, 3.8) is 0 Å². The van der Waals surface area contributed by atoms with E-state index in [0.717, 1.165) is 24.3 Å². The molecule has 1 aliphatic rings. The summed E-state index contributed by atoms with van der Waals surface area (Å²) in [6, 6.07) is 7.86. The molecule has 0 saturated carbocycles. The molecular formula is C11H14N2O. The van der Waals surface area contributed by atoms with E-state index in [2.05, 4.69) is 10.6 Å². The van der Waals surface area contributed by atoms with Crippen LogP contribution in [0, 0.1) is 0 Å².